The van der Waals surface area contributed by atoms with Crippen molar-refractivity contribution < 1.29 is 26.8 Å². The van der Waals surface area contributed by atoms with Crippen LogP contribution < -0.4 is 0 Å². The Kier molecular flexibility index (Phi) is 26.2. The number of unbranched alkanes of at least 4 members (excludes halogenated alkanes) is 18. The van der Waals surface area contributed by atoms with Gasteiger partial charge in [-0.2, -0.15) is 8.42 Å². The zero-order valence-corrected chi connectivity index (χ0v) is 34.2. The molecule has 0 amide bonds. The van der Waals surface area contributed by atoms with Crippen molar-refractivity contribution in [2.75, 3.05) is 12.9 Å². The lowest BCUT2D eigenvalue weighted by molar-refractivity contribution is -0.218. The third kappa shape index (κ3) is 22.5. The molecule has 4 atom stereocenters. The first-order valence-electron chi connectivity index (χ1n) is 21.3. The zero-order chi connectivity index (χ0) is 36.9. The van der Waals surface area contributed by atoms with Crippen LogP contribution in [-0.4, -0.2) is 51.5 Å². The molecule has 6 nitrogen and oxygen atoms in total. The van der Waals surface area contributed by atoms with Gasteiger partial charge in [0.05, 0.1) is 19.0 Å². The van der Waals surface area contributed by atoms with Crippen LogP contribution in [0.3, 0.4) is 0 Å². The standard InChI is InChI=1S/C44H78O6S/c1-5-7-9-11-13-15-17-19-21-23-25-27-29-31-33-35-37-44(49-42-40(3)48-41(43(42)50-44)39-47-51(4,45)46)38-36-34-32-30-28-26-24-22-20-18-16-14-12-10-8-6-2/h13-16,19-22,40-43H,5-12,17-18,23-39H2,1-4H3/t40-,41+,42-,43+,44?/m0/s1. The van der Waals surface area contributed by atoms with Crippen molar-refractivity contribution in [2.24, 2.45) is 0 Å². The molecule has 0 radical (unpaired) electrons. The topological polar surface area (TPSA) is 71.1 Å². The Morgan fingerprint density at radius 2 is 0.941 bits per heavy atom. The lowest BCUT2D eigenvalue weighted by Crippen LogP contribution is -2.36. The first kappa shape index (κ1) is 45.9. The van der Waals surface area contributed by atoms with E-state index in [-0.39, 0.29) is 24.9 Å². The van der Waals surface area contributed by atoms with Gasteiger partial charge in [0.15, 0.2) is 5.79 Å². The molecule has 2 fully saturated rings. The van der Waals surface area contributed by atoms with Crippen molar-refractivity contribution in [3.63, 3.8) is 0 Å². The summed E-state index contributed by atoms with van der Waals surface area (Å²) in [5.41, 5.74) is 0. The fraction of sp³-hybridized carbons (Fsp3) is 0.818. The molecule has 0 N–H and O–H groups in total. The van der Waals surface area contributed by atoms with E-state index in [1.165, 1.54) is 128 Å². The second-order valence-corrected chi connectivity index (χ2v) is 16.8. The summed E-state index contributed by atoms with van der Waals surface area (Å²) in [7, 11) is -3.55. The van der Waals surface area contributed by atoms with Gasteiger partial charge in [-0.3, -0.25) is 4.18 Å². The highest BCUT2D eigenvalue weighted by Gasteiger charge is 2.56. The van der Waals surface area contributed by atoms with E-state index in [1.54, 1.807) is 0 Å². The van der Waals surface area contributed by atoms with Crippen LogP contribution in [0, 0.1) is 0 Å². The monoisotopic (exact) mass is 735 g/mol. The first-order valence-corrected chi connectivity index (χ1v) is 23.1. The van der Waals surface area contributed by atoms with E-state index < -0.39 is 22.0 Å². The SMILES string of the molecule is CCCCCC=CCC=CCCCCCCCCC1(CCCCCCCCC=CCC=CCCCCC)O[C@@H]2[C@H](O1)[C@@H](COS(C)(=O)=O)O[C@H]2C. The van der Waals surface area contributed by atoms with Crippen LogP contribution in [0.1, 0.15) is 188 Å². The molecule has 51 heavy (non-hydrogen) atoms. The summed E-state index contributed by atoms with van der Waals surface area (Å²) >= 11 is 0. The van der Waals surface area contributed by atoms with Crippen molar-refractivity contribution in [2.45, 2.75) is 218 Å². The highest BCUT2D eigenvalue weighted by atomic mass is 32.2. The van der Waals surface area contributed by atoms with E-state index in [9.17, 15) is 8.42 Å². The third-order valence-corrected chi connectivity index (χ3v) is 10.8. The van der Waals surface area contributed by atoms with Crippen LogP contribution in [0.15, 0.2) is 48.6 Å². The smallest absolute Gasteiger partial charge is 0.264 e. The molecule has 0 aromatic rings. The van der Waals surface area contributed by atoms with Crippen LogP contribution in [0.5, 0.6) is 0 Å². The van der Waals surface area contributed by atoms with Gasteiger partial charge in [0.25, 0.3) is 10.1 Å². The molecule has 2 heterocycles. The minimum atomic E-state index is -3.55. The first-order chi connectivity index (χ1) is 24.8. The normalized spacial score (nSPS) is 24.0. The molecule has 2 aliphatic rings. The van der Waals surface area contributed by atoms with Gasteiger partial charge in [-0.1, -0.05) is 140 Å². The van der Waals surface area contributed by atoms with E-state index in [0.717, 1.165) is 44.8 Å². The molecule has 0 spiro atoms. The average Bonchev–Trinajstić information content (AvgIpc) is 3.62. The Morgan fingerprint density at radius 3 is 1.37 bits per heavy atom. The Hall–Kier alpha value is -1.25. The Bertz CT molecular complexity index is 1020. The average molecular weight is 735 g/mol. The lowest BCUT2D eigenvalue weighted by atomic mass is 9.98. The Morgan fingerprint density at radius 1 is 0.549 bits per heavy atom. The largest absolute Gasteiger partial charge is 0.367 e. The fourth-order valence-corrected chi connectivity index (χ4v) is 7.57. The second-order valence-electron chi connectivity index (χ2n) is 15.1. The van der Waals surface area contributed by atoms with E-state index in [2.05, 4.69) is 62.5 Å². The third-order valence-electron chi connectivity index (χ3n) is 10.2. The summed E-state index contributed by atoms with van der Waals surface area (Å²) in [6, 6.07) is 0. The zero-order valence-electron chi connectivity index (χ0n) is 33.4. The van der Waals surface area contributed by atoms with Crippen LogP contribution >= 0.6 is 0 Å². The summed E-state index contributed by atoms with van der Waals surface area (Å²) in [5.74, 6) is -0.610. The molecule has 7 heteroatoms. The minimum absolute atomic E-state index is 0.0281. The van der Waals surface area contributed by atoms with Gasteiger partial charge >= 0.3 is 0 Å². The van der Waals surface area contributed by atoms with Crippen LogP contribution in [0.4, 0.5) is 0 Å². The Labute approximate surface area is 315 Å². The molecular weight excluding hydrogens is 657 g/mol. The van der Waals surface area contributed by atoms with Crippen LogP contribution in [0.25, 0.3) is 0 Å². The highest BCUT2D eigenvalue weighted by Crippen LogP contribution is 2.44. The molecule has 2 saturated heterocycles. The highest BCUT2D eigenvalue weighted by molar-refractivity contribution is 7.85. The van der Waals surface area contributed by atoms with Gasteiger partial charge in [0.1, 0.15) is 18.3 Å². The minimum Gasteiger partial charge on any atom is -0.367 e. The summed E-state index contributed by atoms with van der Waals surface area (Å²) in [5, 5.41) is 0. The molecule has 0 bridgehead atoms. The van der Waals surface area contributed by atoms with E-state index >= 15 is 0 Å². The van der Waals surface area contributed by atoms with E-state index in [4.69, 9.17) is 18.4 Å². The summed E-state index contributed by atoms with van der Waals surface area (Å²) in [4.78, 5) is 0. The predicted molar refractivity (Wildman–Crippen MR) is 216 cm³/mol. The number of fused-ring (bicyclic) bond motifs is 1. The van der Waals surface area contributed by atoms with Crippen molar-refractivity contribution in [1.29, 1.82) is 0 Å². The number of hydrogen-bond acceptors (Lipinski definition) is 6. The van der Waals surface area contributed by atoms with E-state index in [0.29, 0.717) is 0 Å². The van der Waals surface area contributed by atoms with Gasteiger partial charge in [0.2, 0.25) is 0 Å². The van der Waals surface area contributed by atoms with Crippen molar-refractivity contribution >= 4 is 10.1 Å². The van der Waals surface area contributed by atoms with Crippen molar-refractivity contribution in [3.05, 3.63) is 48.6 Å². The van der Waals surface area contributed by atoms with Crippen molar-refractivity contribution in [3.8, 4) is 0 Å². The molecule has 2 rings (SSSR count). The molecule has 0 aromatic carbocycles. The molecule has 296 valence electrons. The number of ether oxygens (including phenoxy) is 3. The van der Waals surface area contributed by atoms with Crippen molar-refractivity contribution in [1.82, 2.24) is 0 Å². The van der Waals surface area contributed by atoms with Gasteiger partial charge < -0.3 is 14.2 Å². The van der Waals surface area contributed by atoms with Gasteiger partial charge in [-0.05, 0) is 84.0 Å². The summed E-state index contributed by atoms with van der Waals surface area (Å²) in [6.45, 7) is 6.48. The van der Waals surface area contributed by atoms with E-state index in [1.807, 2.05) is 6.92 Å². The number of rotatable bonds is 33. The number of hydrogen-bond donors (Lipinski definition) is 0. The maximum absolute atomic E-state index is 11.7. The maximum atomic E-state index is 11.7. The Balaban J connectivity index is 1.68. The van der Waals surface area contributed by atoms with Crippen LogP contribution in [0.2, 0.25) is 0 Å². The fourth-order valence-electron chi connectivity index (χ4n) is 7.19. The van der Waals surface area contributed by atoms with Gasteiger partial charge in [-0.25, -0.2) is 0 Å². The van der Waals surface area contributed by atoms with Gasteiger partial charge in [0, 0.05) is 12.8 Å². The molecular formula is C44H78O6S. The quantitative estimate of drug-likeness (QED) is 0.0380. The maximum Gasteiger partial charge on any atom is 0.264 e. The molecule has 2 aliphatic heterocycles. The predicted octanol–water partition coefficient (Wildman–Crippen LogP) is 12.6. The molecule has 0 unspecified atom stereocenters. The summed E-state index contributed by atoms with van der Waals surface area (Å²) < 4.78 is 48.0. The van der Waals surface area contributed by atoms with Gasteiger partial charge in [-0.15, -0.1) is 0 Å². The second kappa shape index (κ2) is 29.2. The lowest BCUT2D eigenvalue weighted by Gasteiger charge is -2.31. The number of allylic oxidation sites excluding steroid dienone is 8. The molecule has 0 aliphatic carbocycles. The summed E-state index contributed by atoms with van der Waals surface area (Å²) in [6.07, 6.45) is 49.7. The van der Waals surface area contributed by atoms with Crippen LogP contribution in [-0.2, 0) is 28.5 Å². The molecule has 0 saturated carbocycles. The molecule has 0 aromatic heterocycles.